The van der Waals surface area contributed by atoms with Gasteiger partial charge in [0.25, 0.3) is 11.7 Å². The van der Waals surface area contributed by atoms with Crippen molar-refractivity contribution in [1.29, 1.82) is 0 Å². The number of hydrogen-bond acceptors (Lipinski definition) is 7. The SMILES string of the molecule is CCOC(=O)c1[nH]c(C)c(/C(O)=C2\C(=O)C(=O)N(CCN(CC)CC)C2c2cccc(OC)c2)c1C. The summed E-state index contributed by atoms with van der Waals surface area (Å²) in [5.41, 5.74) is 2.07. The molecule has 1 unspecified atom stereocenters. The van der Waals surface area contributed by atoms with Crippen molar-refractivity contribution >= 4 is 23.4 Å². The van der Waals surface area contributed by atoms with Gasteiger partial charge in [-0.3, -0.25) is 9.59 Å². The third kappa shape index (κ3) is 5.02. The van der Waals surface area contributed by atoms with Crippen molar-refractivity contribution in [1.82, 2.24) is 14.8 Å². The smallest absolute Gasteiger partial charge is 0.355 e. The van der Waals surface area contributed by atoms with Gasteiger partial charge in [0.05, 0.1) is 25.3 Å². The first-order valence-electron chi connectivity index (χ1n) is 12.2. The zero-order valence-electron chi connectivity index (χ0n) is 21.8. The zero-order chi connectivity index (χ0) is 26.6. The molecule has 2 aromatic rings. The highest BCUT2D eigenvalue weighted by Crippen LogP contribution is 2.41. The summed E-state index contributed by atoms with van der Waals surface area (Å²) in [6, 6.07) is 6.31. The van der Waals surface area contributed by atoms with Gasteiger partial charge in [0.1, 0.15) is 17.2 Å². The molecular weight excluding hydrogens is 462 g/mol. The number of H-pyrrole nitrogens is 1. The van der Waals surface area contributed by atoms with Crippen molar-refractivity contribution in [3.8, 4) is 5.75 Å². The maximum atomic E-state index is 13.4. The number of aromatic nitrogens is 1. The molecule has 0 saturated carbocycles. The maximum absolute atomic E-state index is 13.4. The number of likely N-dealkylation sites (tertiary alicyclic amines) is 1. The van der Waals surface area contributed by atoms with Crippen LogP contribution in [-0.2, 0) is 14.3 Å². The van der Waals surface area contributed by atoms with Crippen LogP contribution in [0.25, 0.3) is 5.76 Å². The Morgan fingerprint density at radius 1 is 1.17 bits per heavy atom. The highest BCUT2D eigenvalue weighted by molar-refractivity contribution is 6.46. The van der Waals surface area contributed by atoms with Gasteiger partial charge in [0, 0.05) is 24.3 Å². The fraction of sp³-hybridized carbons (Fsp3) is 0.444. The second kappa shape index (κ2) is 11.4. The minimum atomic E-state index is -0.810. The number of nitrogens with one attached hydrogen (secondary N) is 1. The lowest BCUT2D eigenvalue weighted by Crippen LogP contribution is -2.38. The number of likely N-dealkylation sites (N-methyl/N-ethyl adjacent to an activating group) is 1. The molecule has 1 aliphatic rings. The van der Waals surface area contributed by atoms with Gasteiger partial charge < -0.3 is 29.4 Å². The van der Waals surface area contributed by atoms with Gasteiger partial charge in [0.15, 0.2) is 0 Å². The second-order valence-electron chi connectivity index (χ2n) is 8.64. The summed E-state index contributed by atoms with van der Waals surface area (Å²) in [6.45, 7) is 11.9. The van der Waals surface area contributed by atoms with Crippen molar-refractivity contribution in [3.05, 3.63) is 57.9 Å². The Kier molecular flexibility index (Phi) is 8.57. The molecule has 0 radical (unpaired) electrons. The number of carbonyl (C=O) groups is 3. The first-order chi connectivity index (χ1) is 17.2. The maximum Gasteiger partial charge on any atom is 0.355 e. The van der Waals surface area contributed by atoms with E-state index in [1.165, 1.54) is 4.90 Å². The van der Waals surface area contributed by atoms with Gasteiger partial charge in [-0.15, -0.1) is 0 Å². The molecule has 2 N–H and O–H groups in total. The molecule has 2 heterocycles. The van der Waals surface area contributed by atoms with E-state index in [1.807, 2.05) is 13.8 Å². The predicted octanol–water partition coefficient (Wildman–Crippen LogP) is 3.58. The molecule has 1 fully saturated rings. The molecule has 1 atom stereocenters. The summed E-state index contributed by atoms with van der Waals surface area (Å²) >= 11 is 0. The minimum absolute atomic E-state index is 0.0200. The number of Topliss-reactive ketones (excluding diaryl/α,β-unsaturated/α-hetero) is 1. The molecule has 1 aliphatic heterocycles. The number of esters is 1. The first kappa shape index (κ1) is 27.0. The van der Waals surface area contributed by atoms with Crippen LogP contribution in [0, 0.1) is 13.8 Å². The number of aliphatic hydroxyl groups is 1. The van der Waals surface area contributed by atoms with E-state index in [0.717, 1.165) is 13.1 Å². The Balaban J connectivity index is 2.18. The average molecular weight is 498 g/mol. The van der Waals surface area contributed by atoms with E-state index in [2.05, 4.69) is 9.88 Å². The van der Waals surface area contributed by atoms with Crippen LogP contribution in [0.4, 0.5) is 0 Å². The van der Waals surface area contributed by atoms with Gasteiger partial charge in [-0.2, -0.15) is 0 Å². The molecule has 1 aromatic carbocycles. The third-order valence-electron chi connectivity index (χ3n) is 6.65. The number of rotatable bonds is 10. The summed E-state index contributed by atoms with van der Waals surface area (Å²) in [4.78, 5) is 45.6. The number of benzene rings is 1. The molecule has 0 spiro atoms. The van der Waals surface area contributed by atoms with Gasteiger partial charge in [-0.25, -0.2) is 4.79 Å². The largest absolute Gasteiger partial charge is 0.507 e. The summed E-state index contributed by atoms with van der Waals surface area (Å²) in [5, 5.41) is 11.5. The number of aromatic amines is 1. The molecule has 36 heavy (non-hydrogen) atoms. The van der Waals surface area contributed by atoms with Crippen LogP contribution < -0.4 is 4.74 Å². The standard InChI is InChI=1S/C27H35N3O6/c1-7-29(8-2)13-14-30-23(18-11-10-12-19(15-18)35-6)21(25(32)26(30)33)24(31)20-16(4)22(28-17(20)5)27(34)36-9-3/h10-12,15,23,28,31H,7-9,13-14H2,1-6H3/b24-21+. The van der Waals surface area contributed by atoms with E-state index in [9.17, 15) is 19.5 Å². The number of ketones is 1. The van der Waals surface area contributed by atoms with E-state index in [0.29, 0.717) is 41.2 Å². The number of carbonyl (C=O) groups excluding carboxylic acids is 3. The Hall–Kier alpha value is -3.59. The number of hydrogen-bond donors (Lipinski definition) is 2. The van der Waals surface area contributed by atoms with E-state index in [1.54, 1.807) is 52.1 Å². The van der Waals surface area contributed by atoms with Crippen molar-refractivity contribution in [2.75, 3.05) is 39.9 Å². The van der Waals surface area contributed by atoms with Crippen LogP contribution in [0.1, 0.15) is 59.7 Å². The quantitative estimate of drug-likeness (QED) is 0.223. The Morgan fingerprint density at radius 3 is 2.47 bits per heavy atom. The Morgan fingerprint density at radius 2 is 1.86 bits per heavy atom. The molecular formula is C27H35N3O6. The van der Waals surface area contributed by atoms with E-state index in [-0.39, 0.29) is 23.6 Å². The third-order valence-corrected chi connectivity index (χ3v) is 6.65. The van der Waals surface area contributed by atoms with Crippen LogP contribution in [0.5, 0.6) is 5.75 Å². The molecule has 3 rings (SSSR count). The van der Waals surface area contributed by atoms with Crippen LogP contribution >= 0.6 is 0 Å². The molecule has 0 bridgehead atoms. The molecule has 0 aliphatic carbocycles. The number of methoxy groups -OCH3 is 1. The van der Waals surface area contributed by atoms with E-state index < -0.39 is 23.7 Å². The summed E-state index contributed by atoms with van der Waals surface area (Å²) in [7, 11) is 1.54. The molecule has 9 nitrogen and oxygen atoms in total. The average Bonchev–Trinajstić information content (AvgIpc) is 3.31. The molecule has 1 aromatic heterocycles. The van der Waals surface area contributed by atoms with Crippen LogP contribution in [-0.4, -0.2) is 77.4 Å². The minimum Gasteiger partial charge on any atom is -0.507 e. The molecule has 1 saturated heterocycles. The topological polar surface area (TPSA) is 112 Å². The van der Waals surface area contributed by atoms with Crippen LogP contribution in [0.15, 0.2) is 29.8 Å². The number of nitrogens with zero attached hydrogens (tertiary/aromatic N) is 2. The van der Waals surface area contributed by atoms with Crippen molar-refractivity contribution in [2.45, 2.75) is 40.7 Å². The predicted molar refractivity (Wildman–Crippen MR) is 136 cm³/mol. The molecule has 194 valence electrons. The van der Waals surface area contributed by atoms with Gasteiger partial charge >= 0.3 is 5.97 Å². The van der Waals surface area contributed by atoms with Crippen molar-refractivity contribution < 1.29 is 29.0 Å². The molecule has 1 amide bonds. The lowest BCUT2D eigenvalue weighted by atomic mass is 9.94. The second-order valence-corrected chi connectivity index (χ2v) is 8.64. The van der Waals surface area contributed by atoms with Crippen LogP contribution in [0.3, 0.4) is 0 Å². The lowest BCUT2D eigenvalue weighted by Gasteiger charge is -2.28. The number of ether oxygens (including phenoxy) is 2. The van der Waals surface area contributed by atoms with E-state index in [4.69, 9.17) is 9.47 Å². The Bertz CT molecular complexity index is 1180. The van der Waals surface area contributed by atoms with Gasteiger partial charge in [-0.1, -0.05) is 26.0 Å². The van der Waals surface area contributed by atoms with E-state index >= 15 is 0 Å². The summed E-state index contributed by atoms with van der Waals surface area (Å²) in [5.74, 6) is -1.75. The number of amides is 1. The van der Waals surface area contributed by atoms with Crippen LogP contribution in [0.2, 0.25) is 0 Å². The number of aliphatic hydroxyl groups excluding tert-OH is 1. The fourth-order valence-corrected chi connectivity index (χ4v) is 4.71. The lowest BCUT2D eigenvalue weighted by molar-refractivity contribution is -0.140. The van der Waals surface area contributed by atoms with Gasteiger partial charge in [0.2, 0.25) is 0 Å². The van der Waals surface area contributed by atoms with Crippen molar-refractivity contribution in [2.24, 2.45) is 0 Å². The number of aryl methyl sites for hydroxylation is 1. The summed E-state index contributed by atoms with van der Waals surface area (Å²) in [6.07, 6.45) is 0. The highest BCUT2D eigenvalue weighted by atomic mass is 16.5. The zero-order valence-corrected chi connectivity index (χ0v) is 21.8. The highest BCUT2D eigenvalue weighted by Gasteiger charge is 2.46. The Labute approximate surface area is 211 Å². The fourth-order valence-electron chi connectivity index (χ4n) is 4.71. The van der Waals surface area contributed by atoms with Gasteiger partial charge in [-0.05, 0) is 57.1 Å². The first-order valence-corrected chi connectivity index (χ1v) is 12.2. The monoisotopic (exact) mass is 497 g/mol. The summed E-state index contributed by atoms with van der Waals surface area (Å²) < 4.78 is 10.5. The van der Waals surface area contributed by atoms with Crippen molar-refractivity contribution in [3.63, 3.8) is 0 Å². The normalized spacial score (nSPS) is 17.2. The molecule has 9 heteroatoms.